The minimum Gasteiger partial charge on any atom is -0.424 e. The first-order valence-electron chi connectivity index (χ1n) is 11.8. The molecule has 0 N–H and O–H groups in total. The Morgan fingerprint density at radius 3 is 2.35 bits per heavy atom. The molecule has 0 fully saturated rings. The maximum absolute atomic E-state index is 12.3. The Kier molecular flexibility index (Phi) is 7.11. The molecule has 8 nitrogen and oxygen atoms in total. The number of fused-ring (bicyclic) bond motifs is 1. The van der Waals surface area contributed by atoms with Gasteiger partial charge >= 0.3 is 18.3 Å². The molecule has 40 heavy (non-hydrogen) atoms. The van der Waals surface area contributed by atoms with Gasteiger partial charge in [0.25, 0.3) is 0 Å². The van der Waals surface area contributed by atoms with Crippen LogP contribution >= 0.6 is 0 Å². The van der Waals surface area contributed by atoms with Crippen molar-refractivity contribution in [1.29, 1.82) is 0 Å². The zero-order valence-electron chi connectivity index (χ0n) is 20.7. The number of cyclic esters (lactones) is 1. The molecule has 0 amide bonds. The number of ether oxygens (including phenoxy) is 3. The van der Waals surface area contributed by atoms with E-state index in [4.69, 9.17) is 9.47 Å². The smallest absolute Gasteiger partial charge is 0.424 e. The average Bonchev–Trinajstić information content (AvgIpc) is 3.28. The molecule has 5 rings (SSSR count). The third-order valence-electron chi connectivity index (χ3n) is 5.53. The number of esters is 2. The van der Waals surface area contributed by atoms with E-state index < -0.39 is 18.3 Å². The second kappa shape index (κ2) is 10.8. The number of halogens is 3. The van der Waals surface area contributed by atoms with Crippen molar-refractivity contribution >= 4 is 46.1 Å². The summed E-state index contributed by atoms with van der Waals surface area (Å²) in [4.78, 5) is 28.2. The number of carbonyl (C=O) groups excluding carboxylic acids is 2. The third kappa shape index (κ3) is 6.21. The normalized spacial score (nSPS) is 14.4. The van der Waals surface area contributed by atoms with E-state index in [2.05, 4.69) is 20.0 Å². The Hall–Kier alpha value is -5.32. The zero-order valence-corrected chi connectivity index (χ0v) is 20.7. The molecular formula is C29H18F3N3O5. The van der Waals surface area contributed by atoms with E-state index in [1.54, 1.807) is 30.3 Å². The molecule has 200 valence electrons. The number of hydrogen-bond donors (Lipinski definition) is 0. The zero-order chi connectivity index (χ0) is 28.3. The fraction of sp³-hybridized carbons (Fsp3) is 0.0690. The lowest BCUT2D eigenvalue weighted by Crippen LogP contribution is -2.16. The number of aliphatic imine (C=N–C) groups is 1. The van der Waals surface area contributed by atoms with Crippen molar-refractivity contribution in [1.82, 2.24) is 0 Å². The van der Waals surface area contributed by atoms with Crippen molar-refractivity contribution in [3.63, 3.8) is 0 Å². The van der Waals surface area contributed by atoms with E-state index in [1.807, 2.05) is 30.3 Å². The Labute approximate surface area is 225 Å². The maximum Gasteiger partial charge on any atom is 0.573 e. The van der Waals surface area contributed by atoms with Crippen LogP contribution in [-0.2, 0) is 14.3 Å². The van der Waals surface area contributed by atoms with Crippen molar-refractivity contribution in [2.75, 3.05) is 0 Å². The van der Waals surface area contributed by atoms with E-state index in [0.717, 1.165) is 22.9 Å². The Morgan fingerprint density at radius 1 is 0.925 bits per heavy atom. The number of alkyl halides is 3. The fourth-order valence-corrected chi connectivity index (χ4v) is 3.80. The minimum atomic E-state index is -4.80. The quantitative estimate of drug-likeness (QED) is 0.109. The largest absolute Gasteiger partial charge is 0.573 e. The van der Waals surface area contributed by atoms with Gasteiger partial charge in [-0.15, -0.1) is 18.3 Å². The highest BCUT2D eigenvalue weighted by atomic mass is 19.4. The first-order valence-corrected chi connectivity index (χ1v) is 11.8. The van der Waals surface area contributed by atoms with Gasteiger partial charge < -0.3 is 14.2 Å². The molecule has 0 aromatic heterocycles. The Bertz CT molecular complexity index is 1690. The van der Waals surface area contributed by atoms with Gasteiger partial charge in [-0.25, -0.2) is 9.79 Å². The van der Waals surface area contributed by atoms with Gasteiger partial charge in [0.2, 0.25) is 5.90 Å². The number of hydrogen-bond acceptors (Lipinski definition) is 8. The van der Waals surface area contributed by atoms with E-state index >= 15 is 0 Å². The summed E-state index contributed by atoms with van der Waals surface area (Å²) in [6, 6.07) is 22.5. The van der Waals surface area contributed by atoms with Gasteiger partial charge in [0.1, 0.15) is 11.4 Å². The molecule has 0 aliphatic carbocycles. The molecule has 4 aromatic carbocycles. The molecule has 0 saturated heterocycles. The lowest BCUT2D eigenvalue weighted by molar-refractivity contribution is -0.274. The molecule has 0 unspecified atom stereocenters. The topological polar surface area (TPSA) is 98.9 Å². The van der Waals surface area contributed by atoms with Crippen molar-refractivity contribution in [3.05, 3.63) is 102 Å². The molecule has 0 radical (unpaired) electrons. The van der Waals surface area contributed by atoms with E-state index in [0.29, 0.717) is 28.3 Å². The number of rotatable bonds is 6. The fourth-order valence-electron chi connectivity index (χ4n) is 3.80. The molecule has 0 atom stereocenters. The monoisotopic (exact) mass is 545 g/mol. The summed E-state index contributed by atoms with van der Waals surface area (Å²) in [6.45, 7) is 1.31. The van der Waals surface area contributed by atoms with Crippen LogP contribution < -0.4 is 9.47 Å². The van der Waals surface area contributed by atoms with Gasteiger partial charge in [-0.1, -0.05) is 42.5 Å². The first kappa shape index (κ1) is 26.3. The van der Waals surface area contributed by atoms with Crippen molar-refractivity contribution in [3.8, 4) is 11.5 Å². The predicted molar refractivity (Wildman–Crippen MR) is 140 cm³/mol. The minimum absolute atomic E-state index is 0.0161. The lowest BCUT2D eigenvalue weighted by atomic mass is 10.1. The van der Waals surface area contributed by atoms with E-state index in [-0.39, 0.29) is 17.3 Å². The molecule has 1 aliphatic rings. The first-order chi connectivity index (χ1) is 19.1. The van der Waals surface area contributed by atoms with Crippen LogP contribution in [0.25, 0.3) is 16.8 Å². The number of nitrogens with zero attached hydrogens (tertiary/aromatic N) is 3. The van der Waals surface area contributed by atoms with Crippen LogP contribution in [0.1, 0.15) is 18.1 Å². The van der Waals surface area contributed by atoms with Crippen LogP contribution in [0.5, 0.6) is 11.5 Å². The molecule has 1 heterocycles. The summed E-state index contributed by atoms with van der Waals surface area (Å²) in [5.41, 5.74) is 1.77. The lowest BCUT2D eigenvalue weighted by Gasteiger charge is -2.08. The summed E-state index contributed by atoms with van der Waals surface area (Å²) < 4.78 is 51.5. The standard InChI is InChI=1S/C29H18F3N3O5/c1-17(36)38-26-23-5-3-2-4-19(23)10-15-24(26)35-34-21-11-8-20(9-12-21)27-33-25(28(37)39-27)16-18-6-13-22(14-7-18)40-29(30,31)32/h2-16H,1H3/b25-16+,35-34?. The van der Waals surface area contributed by atoms with Crippen molar-refractivity contribution < 1.29 is 37.0 Å². The van der Waals surface area contributed by atoms with Crippen LogP contribution in [-0.4, -0.2) is 24.2 Å². The van der Waals surface area contributed by atoms with E-state index in [1.165, 1.54) is 25.1 Å². The van der Waals surface area contributed by atoms with Gasteiger partial charge in [0.05, 0.1) is 5.69 Å². The number of carbonyl (C=O) groups is 2. The summed E-state index contributed by atoms with van der Waals surface area (Å²) in [5, 5.41) is 10.1. The van der Waals surface area contributed by atoms with Crippen LogP contribution in [0.3, 0.4) is 0 Å². The van der Waals surface area contributed by atoms with Crippen LogP contribution in [0.2, 0.25) is 0 Å². The highest BCUT2D eigenvalue weighted by molar-refractivity contribution is 6.12. The SMILES string of the molecule is CC(=O)Oc1c(N=Nc2ccc(C3=N/C(=C/c4ccc(OC(F)(F)F)cc4)C(=O)O3)cc2)ccc2ccccc12. The maximum atomic E-state index is 12.3. The molecule has 1 aliphatic heterocycles. The summed E-state index contributed by atoms with van der Waals surface area (Å²) >= 11 is 0. The summed E-state index contributed by atoms with van der Waals surface area (Å²) in [6.07, 6.45) is -3.41. The Morgan fingerprint density at radius 2 is 1.65 bits per heavy atom. The highest BCUT2D eigenvalue weighted by Crippen LogP contribution is 2.37. The summed E-state index contributed by atoms with van der Waals surface area (Å²) in [7, 11) is 0. The summed E-state index contributed by atoms with van der Waals surface area (Å²) in [5.74, 6) is -1.20. The molecular weight excluding hydrogens is 527 g/mol. The number of azo groups is 1. The van der Waals surface area contributed by atoms with Gasteiger partial charge in [-0.2, -0.15) is 5.11 Å². The number of benzene rings is 4. The molecule has 4 aromatic rings. The van der Waals surface area contributed by atoms with Gasteiger partial charge in [0, 0.05) is 17.9 Å². The highest BCUT2D eigenvalue weighted by Gasteiger charge is 2.31. The van der Waals surface area contributed by atoms with Gasteiger partial charge in [0.15, 0.2) is 11.4 Å². The third-order valence-corrected chi connectivity index (χ3v) is 5.53. The molecule has 0 bridgehead atoms. The van der Waals surface area contributed by atoms with Crippen LogP contribution in [0.4, 0.5) is 24.5 Å². The molecule has 11 heteroatoms. The van der Waals surface area contributed by atoms with Crippen molar-refractivity contribution in [2.45, 2.75) is 13.3 Å². The second-order valence-electron chi connectivity index (χ2n) is 8.43. The van der Waals surface area contributed by atoms with Crippen LogP contribution in [0, 0.1) is 0 Å². The van der Waals surface area contributed by atoms with Gasteiger partial charge in [-0.05, 0) is 59.5 Å². The average molecular weight is 545 g/mol. The van der Waals surface area contributed by atoms with E-state index in [9.17, 15) is 22.8 Å². The Balaban J connectivity index is 1.33. The van der Waals surface area contributed by atoms with Crippen molar-refractivity contribution in [2.24, 2.45) is 15.2 Å². The predicted octanol–water partition coefficient (Wildman–Crippen LogP) is 7.42. The molecule has 0 saturated carbocycles. The molecule has 0 spiro atoms. The van der Waals surface area contributed by atoms with Crippen LogP contribution in [0.15, 0.2) is 106 Å². The van der Waals surface area contributed by atoms with Gasteiger partial charge in [-0.3, -0.25) is 4.79 Å². The second-order valence-corrected chi connectivity index (χ2v) is 8.43.